The number of carbonyl (C=O) groups is 1. The Kier molecular flexibility index (Phi) is 5.55. The van der Waals surface area contributed by atoms with Gasteiger partial charge in [-0.25, -0.2) is 17.9 Å². The first-order valence-electron chi connectivity index (χ1n) is 9.98. The van der Waals surface area contributed by atoms with Gasteiger partial charge in [-0.15, -0.1) is 0 Å². The van der Waals surface area contributed by atoms with Crippen molar-refractivity contribution in [2.45, 2.75) is 44.7 Å². The third kappa shape index (κ3) is 4.76. The number of sulfonamides is 1. The van der Waals surface area contributed by atoms with Gasteiger partial charge in [-0.3, -0.25) is 0 Å². The molecule has 2 amide bonds. The lowest BCUT2D eigenvalue weighted by Gasteiger charge is -2.16. The molecule has 9 heteroatoms. The van der Waals surface area contributed by atoms with E-state index in [2.05, 4.69) is 11.4 Å². The molecule has 0 unspecified atom stereocenters. The summed E-state index contributed by atoms with van der Waals surface area (Å²) in [5.74, 6) is 0. The van der Waals surface area contributed by atoms with Crippen LogP contribution in [0.1, 0.15) is 46.2 Å². The largest absolute Gasteiger partial charge is 0.416 e. The van der Waals surface area contributed by atoms with Crippen LogP contribution in [0.5, 0.6) is 0 Å². The molecule has 2 aromatic rings. The molecule has 0 aromatic heterocycles. The molecule has 0 heterocycles. The van der Waals surface area contributed by atoms with Gasteiger partial charge in [-0.2, -0.15) is 13.2 Å². The fraction of sp³-hybridized carbons (Fsp3) is 0.318. The van der Waals surface area contributed by atoms with Gasteiger partial charge in [0.2, 0.25) is 0 Å². The number of hydrogen-bond acceptors (Lipinski definition) is 3. The van der Waals surface area contributed by atoms with Crippen molar-refractivity contribution in [1.82, 2.24) is 4.72 Å². The van der Waals surface area contributed by atoms with Gasteiger partial charge in [0.15, 0.2) is 0 Å². The lowest BCUT2D eigenvalue weighted by Crippen LogP contribution is -2.33. The Morgan fingerprint density at radius 1 is 0.935 bits per heavy atom. The van der Waals surface area contributed by atoms with E-state index in [9.17, 15) is 26.4 Å². The second kappa shape index (κ2) is 8.03. The molecule has 0 radical (unpaired) electrons. The number of anilines is 1. The van der Waals surface area contributed by atoms with Crippen LogP contribution in [0.2, 0.25) is 0 Å². The predicted molar refractivity (Wildman–Crippen MR) is 112 cm³/mol. The van der Waals surface area contributed by atoms with Crippen molar-refractivity contribution in [2.24, 2.45) is 0 Å². The first-order valence-corrected chi connectivity index (χ1v) is 11.5. The van der Waals surface area contributed by atoms with Crippen LogP contribution in [0.15, 0.2) is 35.7 Å². The molecule has 5 nitrogen and oxygen atoms in total. The Balaban J connectivity index is 1.46. The minimum absolute atomic E-state index is 0.262. The first kappa shape index (κ1) is 21.4. The fourth-order valence-electron chi connectivity index (χ4n) is 4.22. The summed E-state index contributed by atoms with van der Waals surface area (Å²) in [6.45, 7) is 0. The second-order valence-corrected chi connectivity index (χ2v) is 9.32. The number of alkyl halides is 3. The maximum Gasteiger partial charge on any atom is 0.416 e. The zero-order valence-corrected chi connectivity index (χ0v) is 17.4. The number of fused-ring (bicyclic) bond motifs is 2. The van der Waals surface area contributed by atoms with E-state index in [-0.39, 0.29) is 5.56 Å². The Hall–Kier alpha value is -2.81. The van der Waals surface area contributed by atoms with Crippen molar-refractivity contribution in [3.05, 3.63) is 69.1 Å². The zero-order valence-electron chi connectivity index (χ0n) is 16.6. The maximum absolute atomic E-state index is 12.6. The van der Waals surface area contributed by atoms with E-state index in [4.69, 9.17) is 0 Å². The number of amides is 2. The summed E-state index contributed by atoms with van der Waals surface area (Å²) in [6.07, 6.45) is 2.27. The van der Waals surface area contributed by atoms with Crippen LogP contribution in [-0.2, 0) is 41.9 Å². The molecule has 0 spiro atoms. The normalized spacial score (nSPS) is 15.7. The molecule has 0 atom stereocenters. The van der Waals surface area contributed by atoms with Crippen molar-refractivity contribution in [3.63, 3.8) is 0 Å². The molecule has 0 fully saturated rings. The smallest absolute Gasteiger partial charge is 0.307 e. The third-order valence-corrected chi connectivity index (χ3v) is 6.59. The third-order valence-electron chi connectivity index (χ3n) is 5.62. The molecule has 2 aromatic carbocycles. The number of aryl methyl sites for hydroxylation is 2. The second-order valence-electron chi connectivity index (χ2n) is 7.76. The zero-order chi connectivity index (χ0) is 22.2. The van der Waals surface area contributed by atoms with Gasteiger partial charge in [0.25, 0.3) is 10.0 Å². The number of hydrogen-bond donors (Lipinski definition) is 2. The molecule has 2 aliphatic rings. The van der Waals surface area contributed by atoms with Crippen LogP contribution in [-0.4, -0.2) is 14.4 Å². The SMILES string of the molecule is O=C(Nc1c2c(cc3c1CCC3)CCC2)NS(=O)(=O)/C=C/c1ccc(C(F)(F)F)cc1. The topological polar surface area (TPSA) is 75.3 Å². The fourth-order valence-corrected chi connectivity index (χ4v) is 4.93. The molecule has 31 heavy (non-hydrogen) atoms. The number of nitrogens with one attached hydrogen (secondary N) is 2. The highest BCUT2D eigenvalue weighted by Gasteiger charge is 2.30. The predicted octanol–water partition coefficient (Wildman–Crippen LogP) is 4.81. The van der Waals surface area contributed by atoms with Crippen LogP contribution in [0, 0.1) is 0 Å². The van der Waals surface area contributed by atoms with Gasteiger partial charge < -0.3 is 5.32 Å². The highest BCUT2D eigenvalue weighted by atomic mass is 32.2. The summed E-state index contributed by atoms with van der Waals surface area (Å²) in [5.41, 5.74) is 4.73. The Morgan fingerprint density at radius 2 is 1.52 bits per heavy atom. The van der Waals surface area contributed by atoms with E-state index >= 15 is 0 Å². The van der Waals surface area contributed by atoms with Crippen molar-refractivity contribution in [3.8, 4) is 0 Å². The lowest BCUT2D eigenvalue weighted by molar-refractivity contribution is -0.137. The molecule has 0 saturated heterocycles. The molecule has 164 valence electrons. The van der Waals surface area contributed by atoms with Crippen LogP contribution >= 0.6 is 0 Å². The van der Waals surface area contributed by atoms with Gasteiger partial charge in [-0.1, -0.05) is 18.2 Å². The molecule has 2 aliphatic carbocycles. The number of carbonyl (C=O) groups excluding carboxylic acids is 1. The number of benzene rings is 2. The highest BCUT2D eigenvalue weighted by molar-refractivity contribution is 7.93. The maximum atomic E-state index is 12.6. The quantitative estimate of drug-likeness (QED) is 0.702. The van der Waals surface area contributed by atoms with E-state index < -0.39 is 27.8 Å². The first-order chi connectivity index (χ1) is 14.6. The van der Waals surface area contributed by atoms with Gasteiger partial charge in [-0.05, 0) is 84.6 Å². The van der Waals surface area contributed by atoms with Gasteiger partial charge in [0, 0.05) is 5.69 Å². The average molecular weight is 450 g/mol. The minimum atomic E-state index is -4.47. The Morgan fingerprint density at radius 3 is 2.06 bits per heavy atom. The van der Waals surface area contributed by atoms with Crippen molar-refractivity contribution in [1.29, 1.82) is 0 Å². The number of halogens is 3. The standard InChI is InChI=1S/C22H21F3N2O3S/c23-22(24,25)17-9-7-14(8-10-17)11-12-31(29,30)27-21(28)26-20-18-5-1-3-15(18)13-16-4-2-6-19(16)20/h7-13H,1-6H2,(H2,26,27,28)/b12-11+. The number of urea groups is 1. The Labute approximate surface area is 178 Å². The van der Waals surface area contributed by atoms with Gasteiger partial charge >= 0.3 is 12.2 Å². The average Bonchev–Trinajstić information content (AvgIpc) is 3.34. The summed E-state index contributed by atoms with van der Waals surface area (Å²) >= 11 is 0. The Bertz CT molecular complexity index is 1120. The van der Waals surface area contributed by atoms with Crippen molar-refractivity contribution < 1.29 is 26.4 Å². The molecular weight excluding hydrogens is 429 g/mol. The molecule has 4 rings (SSSR count). The highest BCUT2D eigenvalue weighted by Crippen LogP contribution is 2.38. The molecule has 2 N–H and O–H groups in total. The summed E-state index contributed by atoms with van der Waals surface area (Å²) in [6, 6.07) is 5.40. The molecule has 0 aliphatic heterocycles. The van der Waals surface area contributed by atoms with E-state index in [1.165, 1.54) is 11.1 Å². The monoisotopic (exact) mass is 450 g/mol. The summed E-state index contributed by atoms with van der Waals surface area (Å²) < 4.78 is 64.3. The number of rotatable bonds is 4. The van der Waals surface area contributed by atoms with E-state index in [0.29, 0.717) is 0 Å². The van der Waals surface area contributed by atoms with Crippen LogP contribution in [0.4, 0.5) is 23.7 Å². The molecule has 0 bridgehead atoms. The van der Waals surface area contributed by atoms with Gasteiger partial charge in [0.05, 0.1) is 11.0 Å². The minimum Gasteiger partial charge on any atom is -0.307 e. The lowest BCUT2D eigenvalue weighted by atomic mass is 9.99. The van der Waals surface area contributed by atoms with E-state index in [0.717, 1.165) is 91.1 Å². The molecule has 0 saturated carbocycles. The van der Waals surface area contributed by atoms with Crippen molar-refractivity contribution >= 4 is 27.8 Å². The van der Waals surface area contributed by atoms with Gasteiger partial charge in [0.1, 0.15) is 0 Å². The summed E-state index contributed by atoms with van der Waals surface area (Å²) in [4.78, 5) is 12.4. The van der Waals surface area contributed by atoms with Crippen LogP contribution < -0.4 is 10.0 Å². The van der Waals surface area contributed by atoms with Crippen molar-refractivity contribution in [2.75, 3.05) is 5.32 Å². The van der Waals surface area contributed by atoms with Crippen LogP contribution in [0.3, 0.4) is 0 Å². The summed E-state index contributed by atoms with van der Waals surface area (Å²) in [7, 11) is -4.13. The van der Waals surface area contributed by atoms with E-state index in [1.807, 2.05) is 4.72 Å². The van der Waals surface area contributed by atoms with Crippen LogP contribution in [0.25, 0.3) is 6.08 Å². The molecular formula is C22H21F3N2O3S. The summed E-state index contributed by atoms with van der Waals surface area (Å²) in [5, 5.41) is 3.49. The van der Waals surface area contributed by atoms with E-state index in [1.54, 1.807) is 0 Å².